The van der Waals surface area contributed by atoms with Gasteiger partial charge in [0.05, 0.1) is 11.8 Å². The predicted molar refractivity (Wildman–Crippen MR) is 117 cm³/mol. The lowest BCUT2D eigenvalue weighted by Gasteiger charge is -2.25. The van der Waals surface area contributed by atoms with E-state index in [2.05, 4.69) is 31.2 Å². The summed E-state index contributed by atoms with van der Waals surface area (Å²) in [4.78, 5) is 24.5. The molecule has 1 aromatic rings. The first-order valence-corrected chi connectivity index (χ1v) is 10.9. The molecular formula is C24H39NO4. The fourth-order valence-corrected chi connectivity index (χ4v) is 3.44. The van der Waals surface area contributed by atoms with E-state index >= 15 is 0 Å². The topological polar surface area (TPSA) is 89.6 Å². The number of nitrogens with two attached hydrogens (primary N) is 1. The summed E-state index contributed by atoms with van der Waals surface area (Å²) in [5, 5.41) is 9.73. The number of carbonyl (C=O) groups is 2. The maximum atomic E-state index is 12.6. The molecule has 0 radical (unpaired) electrons. The summed E-state index contributed by atoms with van der Waals surface area (Å²) in [5.41, 5.74) is 7.43. The second kappa shape index (κ2) is 12.6. The zero-order valence-electron chi connectivity index (χ0n) is 18.6. The van der Waals surface area contributed by atoms with Crippen LogP contribution in [0.4, 0.5) is 0 Å². The van der Waals surface area contributed by atoms with Crippen molar-refractivity contribution < 1.29 is 19.4 Å². The van der Waals surface area contributed by atoms with Crippen LogP contribution in [-0.2, 0) is 27.2 Å². The number of ether oxygens (including phenoxy) is 1. The zero-order valence-corrected chi connectivity index (χ0v) is 18.6. The van der Waals surface area contributed by atoms with Gasteiger partial charge in [0.25, 0.3) is 0 Å². The molecule has 2 atom stereocenters. The molecule has 5 heteroatoms. The smallest absolute Gasteiger partial charge is 0.309 e. The Hall–Kier alpha value is -1.88. The van der Waals surface area contributed by atoms with Crippen molar-refractivity contribution in [2.24, 2.45) is 17.6 Å². The van der Waals surface area contributed by atoms with E-state index in [0.717, 1.165) is 31.2 Å². The van der Waals surface area contributed by atoms with Crippen LogP contribution in [0, 0.1) is 11.8 Å². The van der Waals surface area contributed by atoms with Gasteiger partial charge in [-0.3, -0.25) is 9.59 Å². The molecule has 2 unspecified atom stereocenters. The standard InChI is InChI=1S/C24H39NO4/c1-5-8-18-10-12-19(13-11-18)14-15-20(22(26)27)17-21(9-6-7-16-25)23(28)29-24(2,3)4/h10-13,20-21H,5-9,14-17,25H2,1-4H3,(H,26,27). The Labute approximate surface area is 176 Å². The average molecular weight is 406 g/mol. The predicted octanol–water partition coefficient (Wildman–Crippen LogP) is 4.75. The number of carboxylic acid groups (broad SMARTS) is 1. The first kappa shape index (κ1) is 25.2. The highest BCUT2D eigenvalue weighted by Crippen LogP contribution is 2.26. The molecule has 0 aliphatic rings. The Kier molecular flexibility index (Phi) is 11.0. The minimum absolute atomic E-state index is 0.301. The van der Waals surface area contributed by atoms with Gasteiger partial charge in [0.15, 0.2) is 0 Å². The molecule has 0 aromatic heterocycles. The molecule has 0 heterocycles. The van der Waals surface area contributed by atoms with E-state index in [4.69, 9.17) is 10.5 Å². The van der Waals surface area contributed by atoms with Crippen molar-refractivity contribution in [2.75, 3.05) is 6.54 Å². The van der Waals surface area contributed by atoms with Crippen molar-refractivity contribution in [3.8, 4) is 0 Å². The Morgan fingerprint density at radius 1 is 1.00 bits per heavy atom. The number of benzene rings is 1. The summed E-state index contributed by atoms with van der Waals surface area (Å²) in [6, 6.07) is 8.39. The zero-order chi connectivity index (χ0) is 21.9. The lowest BCUT2D eigenvalue weighted by atomic mass is 9.86. The molecule has 1 rings (SSSR count). The molecule has 0 bridgehead atoms. The molecule has 0 amide bonds. The number of rotatable bonds is 13. The highest BCUT2D eigenvalue weighted by Gasteiger charge is 2.30. The van der Waals surface area contributed by atoms with Gasteiger partial charge in [0.1, 0.15) is 5.60 Å². The Balaban J connectivity index is 2.76. The van der Waals surface area contributed by atoms with E-state index in [1.54, 1.807) is 0 Å². The molecule has 1 aromatic carbocycles. The third kappa shape index (κ3) is 10.5. The summed E-state index contributed by atoms with van der Waals surface area (Å²) in [5.74, 6) is -2.13. The monoisotopic (exact) mass is 405 g/mol. The summed E-state index contributed by atoms with van der Waals surface area (Å²) in [6.45, 7) is 8.22. The molecule has 0 fully saturated rings. The fourth-order valence-electron chi connectivity index (χ4n) is 3.44. The van der Waals surface area contributed by atoms with Gasteiger partial charge in [0.2, 0.25) is 0 Å². The van der Waals surface area contributed by atoms with E-state index < -0.39 is 23.4 Å². The highest BCUT2D eigenvalue weighted by atomic mass is 16.6. The molecular weight excluding hydrogens is 366 g/mol. The number of aryl methyl sites for hydroxylation is 2. The van der Waals surface area contributed by atoms with E-state index in [1.807, 2.05) is 20.8 Å². The number of hydrogen-bond donors (Lipinski definition) is 2. The highest BCUT2D eigenvalue weighted by molar-refractivity contribution is 5.75. The second-order valence-electron chi connectivity index (χ2n) is 8.89. The maximum Gasteiger partial charge on any atom is 0.309 e. The molecule has 3 N–H and O–H groups in total. The molecule has 5 nitrogen and oxygen atoms in total. The first-order chi connectivity index (χ1) is 13.7. The van der Waals surface area contributed by atoms with Gasteiger partial charge in [-0.25, -0.2) is 0 Å². The number of carboxylic acids is 1. The van der Waals surface area contributed by atoms with E-state index in [9.17, 15) is 14.7 Å². The van der Waals surface area contributed by atoms with Crippen molar-refractivity contribution in [3.05, 3.63) is 35.4 Å². The summed E-state index contributed by atoms with van der Waals surface area (Å²) in [6.07, 6.45) is 5.90. The third-order valence-electron chi connectivity index (χ3n) is 5.01. The Morgan fingerprint density at radius 3 is 2.07 bits per heavy atom. The number of carbonyl (C=O) groups excluding carboxylic acids is 1. The molecule has 0 aliphatic carbocycles. The normalized spacial score (nSPS) is 13.7. The molecule has 29 heavy (non-hydrogen) atoms. The van der Waals surface area contributed by atoms with Gasteiger partial charge >= 0.3 is 11.9 Å². The quantitative estimate of drug-likeness (QED) is 0.365. The van der Waals surface area contributed by atoms with E-state index in [-0.39, 0.29) is 5.97 Å². The Bertz CT molecular complexity index is 619. The number of aliphatic carboxylic acids is 1. The van der Waals surface area contributed by atoms with Crippen LogP contribution in [0.5, 0.6) is 0 Å². The van der Waals surface area contributed by atoms with Crippen LogP contribution in [0.25, 0.3) is 0 Å². The molecule has 0 spiro atoms. The minimum atomic E-state index is -0.847. The van der Waals surface area contributed by atoms with Crippen molar-refractivity contribution in [2.45, 2.75) is 84.7 Å². The average Bonchev–Trinajstić information content (AvgIpc) is 2.63. The molecule has 0 aliphatic heterocycles. The van der Waals surface area contributed by atoms with E-state index in [0.29, 0.717) is 32.2 Å². The number of hydrogen-bond acceptors (Lipinski definition) is 4. The first-order valence-electron chi connectivity index (χ1n) is 10.9. The van der Waals surface area contributed by atoms with Crippen molar-refractivity contribution >= 4 is 11.9 Å². The largest absolute Gasteiger partial charge is 0.481 e. The van der Waals surface area contributed by atoms with Gasteiger partial charge in [-0.2, -0.15) is 0 Å². The van der Waals surface area contributed by atoms with Gasteiger partial charge in [-0.15, -0.1) is 0 Å². The Morgan fingerprint density at radius 2 is 1.59 bits per heavy atom. The van der Waals surface area contributed by atoms with Crippen molar-refractivity contribution in [1.82, 2.24) is 0 Å². The van der Waals surface area contributed by atoms with Crippen molar-refractivity contribution in [1.29, 1.82) is 0 Å². The second-order valence-corrected chi connectivity index (χ2v) is 8.89. The van der Waals surface area contributed by atoms with Crippen molar-refractivity contribution in [3.63, 3.8) is 0 Å². The minimum Gasteiger partial charge on any atom is -0.481 e. The van der Waals surface area contributed by atoms with Gasteiger partial charge in [0, 0.05) is 0 Å². The van der Waals surface area contributed by atoms with Crippen LogP contribution in [-0.4, -0.2) is 29.2 Å². The van der Waals surface area contributed by atoms with Gasteiger partial charge < -0.3 is 15.6 Å². The van der Waals surface area contributed by atoms with Crippen LogP contribution < -0.4 is 5.73 Å². The lowest BCUT2D eigenvalue weighted by Crippen LogP contribution is -2.31. The van der Waals surface area contributed by atoms with Gasteiger partial charge in [-0.05, 0) is 77.0 Å². The number of unbranched alkanes of at least 4 members (excludes halogenated alkanes) is 1. The van der Waals surface area contributed by atoms with Crippen LogP contribution in [0.1, 0.15) is 77.3 Å². The fraction of sp³-hybridized carbons (Fsp3) is 0.667. The van der Waals surface area contributed by atoms with Gasteiger partial charge in [-0.1, -0.05) is 44.0 Å². The molecule has 0 saturated heterocycles. The molecule has 0 saturated carbocycles. The molecule has 164 valence electrons. The summed E-state index contributed by atoms with van der Waals surface area (Å²) in [7, 11) is 0. The lowest BCUT2D eigenvalue weighted by molar-refractivity contribution is -0.161. The SMILES string of the molecule is CCCc1ccc(CCC(CC(CCCCN)C(=O)OC(C)(C)C)C(=O)O)cc1. The van der Waals surface area contributed by atoms with E-state index in [1.165, 1.54) is 5.56 Å². The van der Waals surface area contributed by atoms with Crippen LogP contribution in [0.3, 0.4) is 0 Å². The van der Waals surface area contributed by atoms with Crippen LogP contribution >= 0.6 is 0 Å². The number of esters is 1. The maximum absolute atomic E-state index is 12.6. The summed E-state index contributed by atoms with van der Waals surface area (Å²) >= 11 is 0. The van der Waals surface area contributed by atoms with Crippen LogP contribution in [0.15, 0.2) is 24.3 Å². The summed E-state index contributed by atoms with van der Waals surface area (Å²) < 4.78 is 5.55. The third-order valence-corrected chi connectivity index (χ3v) is 5.01. The van der Waals surface area contributed by atoms with Crippen LogP contribution in [0.2, 0.25) is 0 Å².